The van der Waals surface area contributed by atoms with Gasteiger partial charge in [0.1, 0.15) is 17.2 Å². The van der Waals surface area contributed by atoms with E-state index in [9.17, 15) is 4.79 Å². The molecule has 1 aromatic heterocycles. The maximum absolute atomic E-state index is 11.5. The molecule has 1 rings (SSSR count). The van der Waals surface area contributed by atoms with Gasteiger partial charge >= 0.3 is 0 Å². The molecule has 0 aliphatic rings. The van der Waals surface area contributed by atoms with Crippen LogP contribution in [0.1, 0.15) is 24.3 Å². The Kier molecular flexibility index (Phi) is 5.54. The molecule has 0 spiro atoms. The summed E-state index contributed by atoms with van der Waals surface area (Å²) in [6.45, 7) is 7.44. The Bertz CT molecular complexity index is 531. The van der Waals surface area contributed by atoms with E-state index in [1.165, 1.54) is 0 Å². The number of hydrogen-bond donors (Lipinski definition) is 1. The molecule has 0 saturated carbocycles. The van der Waals surface area contributed by atoms with Crippen molar-refractivity contribution < 1.29 is 9.53 Å². The Morgan fingerprint density at radius 3 is 2.84 bits per heavy atom. The molecule has 1 amide bonds. The molecule has 0 fully saturated rings. The lowest BCUT2D eigenvalue weighted by Gasteiger charge is -2.07. The molecule has 0 saturated heterocycles. The van der Waals surface area contributed by atoms with Crippen molar-refractivity contribution in [2.45, 2.75) is 13.8 Å². The molecule has 0 bridgehead atoms. The molecule has 0 unspecified atom stereocenters. The van der Waals surface area contributed by atoms with Gasteiger partial charge in [-0.15, -0.1) is 0 Å². The van der Waals surface area contributed by atoms with Gasteiger partial charge in [0.05, 0.1) is 0 Å². The third kappa shape index (κ3) is 4.79. The minimum atomic E-state index is -0.241. The number of carbonyl (C=O) groups excluding carboxylic acids is 1. The largest absolute Gasteiger partial charge is 0.462 e. The van der Waals surface area contributed by atoms with Crippen LogP contribution in [0.4, 0.5) is 0 Å². The summed E-state index contributed by atoms with van der Waals surface area (Å²) in [5.74, 6) is 1.06. The SMILES string of the molecule is C=C/C=C(C)\C=C(/C)Oc1ccnc(C(=O)NC)c1. The van der Waals surface area contributed by atoms with E-state index in [4.69, 9.17) is 4.74 Å². The second kappa shape index (κ2) is 7.16. The van der Waals surface area contributed by atoms with E-state index in [2.05, 4.69) is 16.9 Å². The minimum Gasteiger partial charge on any atom is -0.462 e. The van der Waals surface area contributed by atoms with Gasteiger partial charge in [-0.05, 0) is 31.6 Å². The summed E-state index contributed by atoms with van der Waals surface area (Å²) < 4.78 is 5.63. The van der Waals surface area contributed by atoms with Gasteiger partial charge in [-0.3, -0.25) is 9.78 Å². The molecule has 0 radical (unpaired) electrons. The van der Waals surface area contributed by atoms with Crippen molar-refractivity contribution >= 4 is 5.91 Å². The Morgan fingerprint density at radius 2 is 2.21 bits per heavy atom. The number of rotatable bonds is 5. The van der Waals surface area contributed by atoms with Crippen LogP contribution >= 0.6 is 0 Å². The monoisotopic (exact) mass is 258 g/mol. The molecule has 4 heteroatoms. The number of ether oxygens (including phenoxy) is 1. The van der Waals surface area contributed by atoms with Gasteiger partial charge < -0.3 is 10.1 Å². The lowest BCUT2D eigenvalue weighted by molar-refractivity contribution is 0.0958. The standard InChI is InChI=1S/C15H18N2O2/c1-5-6-11(2)9-12(3)19-13-7-8-17-14(10-13)15(18)16-4/h5-10H,1H2,2-4H3,(H,16,18)/b11-6-,12-9+. The zero-order chi connectivity index (χ0) is 14.3. The topological polar surface area (TPSA) is 51.2 Å². The van der Waals surface area contributed by atoms with Crippen LogP contribution in [0.2, 0.25) is 0 Å². The molecule has 100 valence electrons. The van der Waals surface area contributed by atoms with Crippen molar-refractivity contribution in [2.24, 2.45) is 0 Å². The third-order valence-electron chi connectivity index (χ3n) is 2.28. The van der Waals surface area contributed by atoms with Crippen molar-refractivity contribution in [1.29, 1.82) is 0 Å². The van der Waals surface area contributed by atoms with Crippen LogP contribution in [0.25, 0.3) is 0 Å². The Balaban J connectivity index is 2.85. The number of amides is 1. The van der Waals surface area contributed by atoms with Gasteiger partial charge in [0.2, 0.25) is 0 Å². The normalized spacial score (nSPS) is 11.9. The van der Waals surface area contributed by atoms with Gasteiger partial charge in [0.15, 0.2) is 0 Å². The summed E-state index contributed by atoms with van der Waals surface area (Å²) in [7, 11) is 1.56. The molecule has 1 heterocycles. The van der Waals surface area contributed by atoms with Crippen LogP contribution in [0.3, 0.4) is 0 Å². The predicted octanol–water partition coefficient (Wildman–Crippen LogP) is 2.86. The lowest BCUT2D eigenvalue weighted by Crippen LogP contribution is -2.19. The third-order valence-corrected chi connectivity index (χ3v) is 2.28. The zero-order valence-electron chi connectivity index (χ0n) is 11.4. The van der Waals surface area contributed by atoms with Crippen molar-refractivity contribution in [3.05, 3.63) is 60.2 Å². The summed E-state index contributed by atoms with van der Waals surface area (Å²) in [6, 6.07) is 3.30. The summed E-state index contributed by atoms with van der Waals surface area (Å²) >= 11 is 0. The minimum absolute atomic E-state index is 0.241. The average molecular weight is 258 g/mol. The second-order valence-electron chi connectivity index (χ2n) is 3.96. The fourth-order valence-corrected chi connectivity index (χ4v) is 1.50. The Morgan fingerprint density at radius 1 is 1.47 bits per heavy atom. The van der Waals surface area contributed by atoms with Gasteiger partial charge in [0.25, 0.3) is 5.91 Å². The molecule has 0 aromatic carbocycles. The van der Waals surface area contributed by atoms with Crippen molar-refractivity contribution in [1.82, 2.24) is 10.3 Å². The lowest BCUT2D eigenvalue weighted by atomic mass is 10.2. The molecule has 19 heavy (non-hydrogen) atoms. The number of nitrogens with one attached hydrogen (secondary N) is 1. The van der Waals surface area contributed by atoms with Crippen LogP contribution in [0.5, 0.6) is 5.75 Å². The highest BCUT2D eigenvalue weighted by Gasteiger charge is 2.06. The molecule has 0 atom stereocenters. The van der Waals surface area contributed by atoms with Gasteiger partial charge in [-0.2, -0.15) is 0 Å². The van der Waals surface area contributed by atoms with E-state index in [0.717, 1.165) is 11.3 Å². The highest BCUT2D eigenvalue weighted by Crippen LogP contribution is 2.15. The Labute approximate surface area is 113 Å². The van der Waals surface area contributed by atoms with Crippen LogP contribution in [-0.4, -0.2) is 17.9 Å². The van der Waals surface area contributed by atoms with Crippen molar-refractivity contribution in [3.63, 3.8) is 0 Å². The number of carbonyl (C=O) groups is 1. The molecule has 1 aromatic rings. The second-order valence-corrected chi connectivity index (χ2v) is 3.96. The number of hydrogen-bond acceptors (Lipinski definition) is 3. The molecule has 4 nitrogen and oxygen atoms in total. The average Bonchev–Trinajstić information content (AvgIpc) is 2.38. The Hall–Kier alpha value is -2.36. The van der Waals surface area contributed by atoms with E-state index in [-0.39, 0.29) is 5.91 Å². The molecular weight excluding hydrogens is 240 g/mol. The first-order valence-corrected chi connectivity index (χ1v) is 5.90. The quantitative estimate of drug-likeness (QED) is 0.652. The summed E-state index contributed by atoms with van der Waals surface area (Å²) in [5, 5.41) is 2.52. The molecule has 0 aliphatic carbocycles. The summed E-state index contributed by atoms with van der Waals surface area (Å²) in [4.78, 5) is 15.4. The predicted molar refractivity (Wildman–Crippen MR) is 76.0 cm³/mol. The van der Waals surface area contributed by atoms with Gasteiger partial charge in [-0.25, -0.2) is 0 Å². The van der Waals surface area contributed by atoms with Crippen molar-refractivity contribution in [3.8, 4) is 5.75 Å². The van der Waals surface area contributed by atoms with E-state index in [1.54, 1.807) is 31.5 Å². The van der Waals surface area contributed by atoms with E-state index < -0.39 is 0 Å². The number of aromatic nitrogens is 1. The number of pyridine rings is 1. The van der Waals surface area contributed by atoms with E-state index in [0.29, 0.717) is 11.4 Å². The van der Waals surface area contributed by atoms with Crippen molar-refractivity contribution in [2.75, 3.05) is 7.05 Å². The van der Waals surface area contributed by atoms with Crippen LogP contribution in [0.15, 0.2) is 54.5 Å². The highest BCUT2D eigenvalue weighted by molar-refractivity contribution is 5.92. The maximum atomic E-state index is 11.5. The fourth-order valence-electron chi connectivity index (χ4n) is 1.50. The van der Waals surface area contributed by atoms with Crippen LogP contribution in [-0.2, 0) is 0 Å². The highest BCUT2D eigenvalue weighted by atomic mass is 16.5. The van der Waals surface area contributed by atoms with Crippen LogP contribution < -0.4 is 10.1 Å². The van der Waals surface area contributed by atoms with Gasteiger partial charge in [-0.1, -0.05) is 18.7 Å². The molecule has 0 aliphatic heterocycles. The molecular formula is C15H18N2O2. The number of nitrogens with zero attached hydrogens (tertiary/aromatic N) is 1. The number of allylic oxidation sites excluding steroid dienone is 5. The van der Waals surface area contributed by atoms with E-state index >= 15 is 0 Å². The first kappa shape index (κ1) is 14.7. The summed E-state index contributed by atoms with van der Waals surface area (Å²) in [5.41, 5.74) is 1.36. The molecule has 1 N–H and O–H groups in total. The van der Waals surface area contributed by atoms with Gasteiger partial charge in [0, 0.05) is 19.3 Å². The van der Waals surface area contributed by atoms with E-state index in [1.807, 2.05) is 26.0 Å². The maximum Gasteiger partial charge on any atom is 0.269 e. The first-order valence-electron chi connectivity index (χ1n) is 5.90. The summed E-state index contributed by atoms with van der Waals surface area (Å²) in [6.07, 6.45) is 7.03. The smallest absolute Gasteiger partial charge is 0.269 e. The van der Waals surface area contributed by atoms with Crippen LogP contribution in [0, 0.1) is 0 Å². The first-order chi connectivity index (χ1) is 9.06. The zero-order valence-corrected chi connectivity index (χ0v) is 11.4. The fraction of sp³-hybridized carbons (Fsp3) is 0.200.